The lowest BCUT2D eigenvalue weighted by molar-refractivity contribution is -0.793. The fraction of sp³-hybridized carbons (Fsp3) is 0.0333. The van der Waals surface area contributed by atoms with Gasteiger partial charge in [-0.2, -0.15) is 0 Å². The molecule has 166 valence electrons. The van der Waals surface area contributed by atoms with E-state index in [0.29, 0.717) is 22.5 Å². The molecule has 0 saturated heterocycles. The number of nitrogens with zero attached hydrogens (tertiary/aromatic N) is 1. The van der Waals surface area contributed by atoms with Crippen molar-refractivity contribution in [3.63, 3.8) is 0 Å². The van der Waals surface area contributed by atoms with Gasteiger partial charge in [-0.15, -0.1) is 13.3 Å². The summed E-state index contributed by atoms with van der Waals surface area (Å²) in [6.45, 7) is 0. The second-order valence-corrected chi connectivity index (χ2v) is 8.00. The third-order valence-electron chi connectivity index (χ3n) is 5.78. The minimum atomic E-state index is -3.45. The molecule has 0 fully saturated rings. The first kappa shape index (κ1) is 21.7. The molecule has 0 amide bonds. The highest BCUT2D eigenvalue weighted by molar-refractivity contribution is 5.73. The van der Waals surface area contributed by atoms with Gasteiger partial charge < -0.3 is 0 Å². The Kier molecular flexibility index (Phi) is 5.72. The van der Waals surface area contributed by atoms with Crippen molar-refractivity contribution < 1.29 is 17.7 Å². The van der Waals surface area contributed by atoms with Gasteiger partial charge in [-0.25, -0.2) is 4.39 Å². The lowest BCUT2D eigenvalue weighted by atomic mass is 9.98. The first-order chi connectivity index (χ1) is 16.5. The third kappa shape index (κ3) is 4.11. The number of alkyl halides is 2. The van der Waals surface area contributed by atoms with Gasteiger partial charge in [0.05, 0.1) is 5.56 Å². The zero-order chi connectivity index (χ0) is 23.5. The average Bonchev–Trinajstić information content (AvgIpc) is 2.90. The standard InChI is InChI=1S/C30H21F3N/c31-27-18-16-26(17-19-27)30(32,33)34-28(23-12-6-2-7-13-23)20-25(22-10-4-1-5-11-22)21-29(34)24-14-8-3-9-15-24/h1-21H/q+1. The molecule has 0 spiro atoms. The van der Waals surface area contributed by atoms with E-state index in [4.69, 9.17) is 0 Å². The Morgan fingerprint density at radius 3 is 1.32 bits per heavy atom. The molecule has 0 unspecified atom stereocenters. The summed E-state index contributed by atoms with van der Waals surface area (Å²) >= 11 is 0. The Balaban J connectivity index is 1.87. The van der Waals surface area contributed by atoms with Crippen molar-refractivity contribution in [1.29, 1.82) is 0 Å². The maximum absolute atomic E-state index is 16.3. The van der Waals surface area contributed by atoms with Gasteiger partial charge in [0.2, 0.25) is 11.4 Å². The number of pyridine rings is 1. The van der Waals surface area contributed by atoms with E-state index in [-0.39, 0.29) is 5.56 Å². The smallest absolute Gasteiger partial charge is 0.207 e. The zero-order valence-electron chi connectivity index (χ0n) is 18.2. The number of benzene rings is 4. The largest absolute Gasteiger partial charge is 0.490 e. The highest BCUT2D eigenvalue weighted by Crippen LogP contribution is 2.35. The van der Waals surface area contributed by atoms with Crippen LogP contribution in [0.15, 0.2) is 127 Å². The molecule has 4 heteroatoms. The van der Waals surface area contributed by atoms with Crippen molar-refractivity contribution in [2.45, 2.75) is 6.05 Å². The average molecular weight is 452 g/mol. The van der Waals surface area contributed by atoms with Crippen LogP contribution >= 0.6 is 0 Å². The van der Waals surface area contributed by atoms with Crippen LogP contribution in [0.4, 0.5) is 13.2 Å². The zero-order valence-corrected chi connectivity index (χ0v) is 18.2. The number of hydrogen-bond acceptors (Lipinski definition) is 0. The minimum absolute atomic E-state index is 0.291. The SMILES string of the molecule is Fc1ccc(C(F)(F)[n+]2c(-c3ccccc3)cc(-c3ccccc3)cc2-c2ccccc2)cc1. The van der Waals surface area contributed by atoms with Crippen molar-refractivity contribution in [3.05, 3.63) is 139 Å². The van der Waals surface area contributed by atoms with E-state index in [0.717, 1.165) is 40.0 Å². The van der Waals surface area contributed by atoms with Crippen molar-refractivity contribution in [1.82, 2.24) is 0 Å². The van der Waals surface area contributed by atoms with Gasteiger partial charge in [-0.05, 0) is 59.7 Å². The summed E-state index contributed by atoms with van der Waals surface area (Å²) in [6, 6.07) is 32.5. The number of halogens is 3. The van der Waals surface area contributed by atoms with Crippen LogP contribution in [-0.2, 0) is 6.05 Å². The summed E-state index contributed by atoms with van der Waals surface area (Å²) in [4.78, 5) is 0. The van der Waals surface area contributed by atoms with Crippen LogP contribution in [0.25, 0.3) is 33.6 Å². The van der Waals surface area contributed by atoms with E-state index >= 15 is 8.78 Å². The van der Waals surface area contributed by atoms with E-state index < -0.39 is 11.9 Å². The van der Waals surface area contributed by atoms with Crippen molar-refractivity contribution >= 4 is 0 Å². The number of hydrogen-bond donors (Lipinski definition) is 0. The molecule has 0 aliphatic carbocycles. The first-order valence-electron chi connectivity index (χ1n) is 10.9. The molecule has 0 N–H and O–H groups in total. The quantitative estimate of drug-likeness (QED) is 0.241. The molecule has 4 aromatic carbocycles. The van der Waals surface area contributed by atoms with Crippen molar-refractivity contribution in [3.8, 4) is 33.6 Å². The van der Waals surface area contributed by atoms with E-state index in [1.54, 1.807) is 12.1 Å². The molecule has 34 heavy (non-hydrogen) atoms. The van der Waals surface area contributed by atoms with Gasteiger partial charge in [0.15, 0.2) is 0 Å². The van der Waals surface area contributed by atoms with E-state index in [1.165, 1.54) is 0 Å². The Morgan fingerprint density at radius 2 is 0.882 bits per heavy atom. The van der Waals surface area contributed by atoms with Gasteiger partial charge in [0.25, 0.3) is 0 Å². The second kappa shape index (κ2) is 8.99. The molecule has 0 aliphatic rings. The van der Waals surface area contributed by atoms with Crippen LogP contribution in [0.2, 0.25) is 0 Å². The van der Waals surface area contributed by atoms with Crippen LogP contribution in [0, 0.1) is 5.82 Å². The molecular formula is C30H21F3N+. The molecule has 5 aromatic rings. The number of aromatic nitrogens is 1. The fourth-order valence-electron chi connectivity index (χ4n) is 4.12. The lowest BCUT2D eigenvalue weighted by Gasteiger charge is -2.19. The van der Waals surface area contributed by atoms with Crippen LogP contribution in [0.3, 0.4) is 0 Å². The topological polar surface area (TPSA) is 3.88 Å². The monoisotopic (exact) mass is 452 g/mol. The second-order valence-electron chi connectivity index (χ2n) is 8.00. The van der Waals surface area contributed by atoms with E-state index in [9.17, 15) is 4.39 Å². The summed E-state index contributed by atoms with van der Waals surface area (Å²) < 4.78 is 47.2. The first-order valence-corrected chi connectivity index (χ1v) is 10.9. The van der Waals surface area contributed by atoms with E-state index in [2.05, 4.69) is 0 Å². The molecular weight excluding hydrogens is 431 g/mol. The molecule has 0 atom stereocenters. The predicted molar refractivity (Wildman–Crippen MR) is 129 cm³/mol. The molecule has 0 aliphatic heterocycles. The molecule has 0 bridgehead atoms. The number of rotatable bonds is 5. The van der Waals surface area contributed by atoms with Gasteiger partial charge in [-0.3, -0.25) is 0 Å². The van der Waals surface area contributed by atoms with Gasteiger partial charge in [0.1, 0.15) is 5.82 Å². The predicted octanol–water partition coefficient (Wildman–Crippen LogP) is 7.71. The van der Waals surface area contributed by atoms with Crippen molar-refractivity contribution in [2.75, 3.05) is 0 Å². The molecule has 5 rings (SSSR count). The summed E-state index contributed by atoms with van der Waals surface area (Å²) in [5.74, 6) is -0.560. The molecule has 1 aromatic heterocycles. The van der Waals surface area contributed by atoms with Crippen LogP contribution < -0.4 is 4.57 Å². The van der Waals surface area contributed by atoms with Crippen molar-refractivity contribution in [2.24, 2.45) is 0 Å². The van der Waals surface area contributed by atoms with Gasteiger partial charge in [0, 0.05) is 23.3 Å². The van der Waals surface area contributed by atoms with Gasteiger partial charge >= 0.3 is 6.05 Å². The van der Waals surface area contributed by atoms with Gasteiger partial charge in [-0.1, -0.05) is 66.7 Å². The normalized spacial score (nSPS) is 11.4. The highest BCUT2D eigenvalue weighted by atomic mass is 19.3. The maximum Gasteiger partial charge on any atom is 0.490 e. The molecule has 1 heterocycles. The summed E-state index contributed by atoms with van der Waals surface area (Å²) in [6.07, 6.45) is 0. The summed E-state index contributed by atoms with van der Waals surface area (Å²) in [5.41, 5.74) is 3.48. The summed E-state index contributed by atoms with van der Waals surface area (Å²) in [7, 11) is 0. The fourth-order valence-corrected chi connectivity index (χ4v) is 4.12. The molecule has 1 nitrogen and oxygen atoms in total. The highest BCUT2D eigenvalue weighted by Gasteiger charge is 2.48. The van der Waals surface area contributed by atoms with E-state index in [1.807, 2.05) is 91.0 Å². The molecule has 0 radical (unpaired) electrons. The minimum Gasteiger partial charge on any atom is -0.207 e. The van der Waals surface area contributed by atoms with Crippen LogP contribution in [0.5, 0.6) is 0 Å². The van der Waals surface area contributed by atoms with Crippen LogP contribution in [-0.4, -0.2) is 0 Å². The Labute approximate surface area is 196 Å². The third-order valence-corrected chi connectivity index (χ3v) is 5.78. The Morgan fingerprint density at radius 1 is 0.471 bits per heavy atom. The Hall–Kier alpha value is -4.18. The van der Waals surface area contributed by atoms with Crippen LogP contribution in [0.1, 0.15) is 5.56 Å². The Bertz CT molecular complexity index is 1340. The lowest BCUT2D eigenvalue weighted by Crippen LogP contribution is -2.54. The molecule has 0 saturated carbocycles. The summed E-state index contributed by atoms with van der Waals surface area (Å²) in [5, 5.41) is 0. The maximum atomic E-state index is 16.3.